The molecule has 0 radical (unpaired) electrons. The lowest BCUT2D eigenvalue weighted by Crippen LogP contribution is -2.45. The van der Waals surface area contributed by atoms with Crippen LogP contribution in [0, 0.1) is 0 Å². The molecule has 0 aliphatic carbocycles. The maximum absolute atomic E-state index is 10.3. The standard InChI is InChI=1S/C20H27N5O/c1-3-23(4-2)18-9-8-17(19(26)15-18)16-22-25-13-11-24(12-14-25)20-7-5-6-10-21-20/h5-10,15-16,26H,3-4,11-14H2,1-2H3/p+1/b22-16+. The van der Waals surface area contributed by atoms with Crippen molar-refractivity contribution < 1.29 is 10.1 Å². The molecular formula is C20H28N5O+. The Morgan fingerprint density at radius 1 is 1.12 bits per heavy atom. The SMILES string of the molecule is CCN(CC)c1ccc(/C=N/N2CCN(c3cccc[nH+]3)CC2)c(O)c1. The van der Waals surface area contributed by atoms with E-state index in [1.807, 2.05) is 36.5 Å². The summed E-state index contributed by atoms with van der Waals surface area (Å²) in [6.07, 6.45) is 3.70. The molecule has 6 nitrogen and oxygen atoms in total. The Bertz CT molecular complexity index is 722. The molecule has 0 saturated carbocycles. The zero-order valence-electron chi connectivity index (χ0n) is 15.6. The molecule has 0 unspecified atom stereocenters. The smallest absolute Gasteiger partial charge is 0.274 e. The van der Waals surface area contributed by atoms with Gasteiger partial charge in [-0.2, -0.15) is 5.10 Å². The monoisotopic (exact) mass is 354 g/mol. The minimum atomic E-state index is 0.274. The van der Waals surface area contributed by atoms with E-state index in [0.717, 1.165) is 56.3 Å². The fourth-order valence-corrected chi connectivity index (χ4v) is 3.20. The van der Waals surface area contributed by atoms with E-state index in [0.29, 0.717) is 0 Å². The quantitative estimate of drug-likeness (QED) is 0.808. The van der Waals surface area contributed by atoms with Crippen LogP contribution >= 0.6 is 0 Å². The first-order valence-corrected chi connectivity index (χ1v) is 9.29. The molecule has 0 atom stereocenters. The van der Waals surface area contributed by atoms with Crippen LogP contribution in [0.3, 0.4) is 0 Å². The normalized spacial score (nSPS) is 14.8. The second kappa shape index (κ2) is 8.56. The molecule has 1 saturated heterocycles. The zero-order valence-corrected chi connectivity index (χ0v) is 15.6. The van der Waals surface area contributed by atoms with Gasteiger partial charge in [-0.25, -0.2) is 4.98 Å². The lowest BCUT2D eigenvalue weighted by molar-refractivity contribution is -0.364. The highest BCUT2D eigenvalue weighted by Crippen LogP contribution is 2.23. The van der Waals surface area contributed by atoms with Crippen LogP contribution in [0.15, 0.2) is 47.7 Å². The first-order valence-electron chi connectivity index (χ1n) is 9.29. The van der Waals surface area contributed by atoms with Gasteiger partial charge in [0.25, 0.3) is 5.82 Å². The first-order chi connectivity index (χ1) is 12.7. The number of hydrogen-bond donors (Lipinski definition) is 1. The molecule has 1 aliphatic heterocycles. The molecule has 2 aromatic rings. The number of aromatic amines is 1. The van der Waals surface area contributed by atoms with Gasteiger partial charge in [0.15, 0.2) is 0 Å². The van der Waals surface area contributed by atoms with Crippen LogP contribution in [0.2, 0.25) is 0 Å². The Morgan fingerprint density at radius 3 is 2.50 bits per heavy atom. The summed E-state index contributed by atoms with van der Waals surface area (Å²) in [5.41, 5.74) is 1.79. The van der Waals surface area contributed by atoms with Crippen molar-refractivity contribution in [2.45, 2.75) is 13.8 Å². The van der Waals surface area contributed by atoms with Crippen molar-refractivity contribution in [2.24, 2.45) is 5.10 Å². The minimum absolute atomic E-state index is 0.274. The third-order valence-electron chi connectivity index (χ3n) is 4.79. The van der Waals surface area contributed by atoms with Crippen molar-refractivity contribution in [3.63, 3.8) is 0 Å². The summed E-state index contributed by atoms with van der Waals surface area (Å²) in [4.78, 5) is 7.80. The van der Waals surface area contributed by atoms with E-state index in [1.165, 1.54) is 0 Å². The predicted octanol–water partition coefficient (Wildman–Crippen LogP) is 2.21. The molecular weight excluding hydrogens is 326 g/mol. The van der Waals surface area contributed by atoms with Crippen molar-refractivity contribution >= 4 is 17.7 Å². The highest BCUT2D eigenvalue weighted by Gasteiger charge is 2.21. The predicted molar refractivity (Wildman–Crippen MR) is 106 cm³/mol. The van der Waals surface area contributed by atoms with Gasteiger partial charge in [0.05, 0.1) is 25.5 Å². The van der Waals surface area contributed by atoms with Crippen molar-refractivity contribution in [3.8, 4) is 5.75 Å². The van der Waals surface area contributed by atoms with E-state index in [1.54, 1.807) is 6.21 Å². The third-order valence-corrected chi connectivity index (χ3v) is 4.79. The molecule has 26 heavy (non-hydrogen) atoms. The van der Waals surface area contributed by atoms with Gasteiger partial charge in [-0.1, -0.05) is 6.07 Å². The molecule has 0 amide bonds. The molecule has 0 bridgehead atoms. The van der Waals surface area contributed by atoms with Gasteiger partial charge in [-0.15, -0.1) is 0 Å². The first kappa shape index (κ1) is 18.0. The van der Waals surface area contributed by atoms with E-state index in [2.05, 4.69) is 44.8 Å². The van der Waals surface area contributed by atoms with Crippen molar-refractivity contribution in [1.29, 1.82) is 0 Å². The van der Waals surface area contributed by atoms with Gasteiger partial charge in [0, 0.05) is 36.5 Å². The molecule has 2 N–H and O–H groups in total. The number of anilines is 2. The molecule has 0 spiro atoms. The average molecular weight is 354 g/mol. The summed E-state index contributed by atoms with van der Waals surface area (Å²) in [7, 11) is 0. The number of pyridine rings is 1. The number of phenolic OH excluding ortho intramolecular Hbond substituents is 1. The van der Waals surface area contributed by atoms with Crippen LogP contribution in [-0.2, 0) is 0 Å². The molecule has 1 aliphatic rings. The fourth-order valence-electron chi connectivity index (χ4n) is 3.20. The second-order valence-corrected chi connectivity index (χ2v) is 6.35. The van der Waals surface area contributed by atoms with Gasteiger partial charge < -0.3 is 10.0 Å². The van der Waals surface area contributed by atoms with Crippen LogP contribution in [0.5, 0.6) is 5.75 Å². The maximum atomic E-state index is 10.3. The number of nitrogens with one attached hydrogen (secondary N) is 1. The van der Waals surface area contributed by atoms with Gasteiger partial charge in [-0.05, 0) is 32.0 Å². The highest BCUT2D eigenvalue weighted by atomic mass is 16.3. The van der Waals surface area contributed by atoms with Gasteiger partial charge in [0.1, 0.15) is 18.8 Å². The number of aromatic nitrogens is 1. The number of H-pyrrole nitrogens is 1. The second-order valence-electron chi connectivity index (χ2n) is 6.35. The summed E-state index contributed by atoms with van der Waals surface area (Å²) in [6, 6.07) is 11.9. The van der Waals surface area contributed by atoms with Crippen LogP contribution in [0.1, 0.15) is 19.4 Å². The maximum Gasteiger partial charge on any atom is 0.274 e. The average Bonchev–Trinajstić information content (AvgIpc) is 2.69. The van der Waals surface area contributed by atoms with Crippen LogP contribution in [0.4, 0.5) is 11.5 Å². The third kappa shape index (κ3) is 4.25. The van der Waals surface area contributed by atoms with Gasteiger partial charge in [0.2, 0.25) is 0 Å². The summed E-state index contributed by atoms with van der Waals surface area (Å²) in [5, 5.41) is 16.9. The number of phenols is 1. The lowest BCUT2D eigenvalue weighted by Gasteiger charge is -2.28. The Labute approximate surface area is 155 Å². The topological polar surface area (TPSA) is 56.5 Å². The number of rotatable bonds is 6. The van der Waals surface area contributed by atoms with Gasteiger partial charge >= 0.3 is 0 Å². The van der Waals surface area contributed by atoms with E-state index >= 15 is 0 Å². The molecule has 1 fully saturated rings. The molecule has 6 heteroatoms. The number of hydrazone groups is 1. The summed E-state index contributed by atoms with van der Waals surface area (Å²) >= 11 is 0. The largest absolute Gasteiger partial charge is 0.507 e. The Hall–Kier alpha value is -2.76. The molecule has 3 rings (SSSR count). The molecule has 138 valence electrons. The Balaban J connectivity index is 1.59. The summed E-state index contributed by atoms with van der Waals surface area (Å²) in [5.74, 6) is 1.41. The number of benzene rings is 1. The zero-order chi connectivity index (χ0) is 18.4. The number of nitrogens with zero attached hydrogens (tertiary/aromatic N) is 4. The molecule has 1 aromatic carbocycles. The van der Waals surface area contributed by atoms with Crippen LogP contribution in [-0.4, -0.2) is 55.6 Å². The van der Waals surface area contributed by atoms with Crippen molar-refractivity contribution in [3.05, 3.63) is 48.2 Å². The summed E-state index contributed by atoms with van der Waals surface area (Å²) in [6.45, 7) is 9.63. The van der Waals surface area contributed by atoms with E-state index in [-0.39, 0.29) is 5.75 Å². The molecule has 1 aromatic heterocycles. The van der Waals surface area contributed by atoms with Crippen molar-refractivity contribution in [1.82, 2.24) is 5.01 Å². The number of hydrogen-bond acceptors (Lipinski definition) is 5. The minimum Gasteiger partial charge on any atom is -0.507 e. The number of piperazine rings is 1. The van der Waals surface area contributed by atoms with E-state index in [9.17, 15) is 5.11 Å². The van der Waals surface area contributed by atoms with Crippen molar-refractivity contribution in [2.75, 3.05) is 49.1 Å². The molecule has 2 heterocycles. The van der Waals surface area contributed by atoms with Gasteiger partial charge in [-0.3, -0.25) is 9.91 Å². The highest BCUT2D eigenvalue weighted by molar-refractivity contribution is 5.84. The fraction of sp³-hybridized carbons (Fsp3) is 0.400. The number of aromatic hydroxyl groups is 1. The Kier molecular flexibility index (Phi) is 5.94. The lowest BCUT2D eigenvalue weighted by atomic mass is 10.2. The van der Waals surface area contributed by atoms with Crippen LogP contribution < -0.4 is 14.8 Å². The summed E-state index contributed by atoms with van der Waals surface area (Å²) < 4.78 is 0. The van der Waals surface area contributed by atoms with E-state index in [4.69, 9.17) is 0 Å². The van der Waals surface area contributed by atoms with Crippen LogP contribution in [0.25, 0.3) is 0 Å². The Morgan fingerprint density at radius 2 is 1.88 bits per heavy atom. The van der Waals surface area contributed by atoms with E-state index < -0.39 is 0 Å².